The van der Waals surface area contributed by atoms with Crippen LogP contribution < -0.4 is 16.1 Å². The Hall–Kier alpha value is -2.94. The highest BCUT2D eigenvalue weighted by Crippen LogP contribution is 2.33. The number of imide groups is 1. The second kappa shape index (κ2) is 10.6. The Labute approximate surface area is 188 Å². The average Bonchev–Trinajstić information content (AvgIpc) is 3.01. The number of rotatable bonds is 9. The quantitative estimate of drug-likeness (QED) is 0.508. The molecule has 174 valence electrons. The van der Waals surface area contributed by atoms with E-state index in [0.29, 0.717) is 31.6 Å². The van der Waals surface area contributed by atoms with Gasteiger partial charge in [0, 0.05) is 18.7 Å². The number of hydrogen-bond acceptors (Lipinski definition) is 5. The Balaban J connectivity index is 1.53. The fourth-order valence-corrected chi connectivity index (χ4v) is 4.36. The summed E-state index contributed by atoms with van der Waals surface area (Å²) in [4.78, 5) is 52.2. The van der Waals surface area contributed by atoms with Gasteiger partial charge in [-0.15, -0.1) is 0 Å². The molecule has 1 unspecified atom stereocenters. The molecule has 1 aromatic carbocycles. The van der Waals surface area contributed by atoms with Crippen molar-refractivity contribution in [3.8, 4) is 0 Å². The minimum Gasteiger partial charge on any atom is -0.325 e. The van der Waals surface area contributed by atoms with Crippen molar-refractivity contribution in [2.45, 2.75) is 70.4 Å². The second-order valence-corrected chi connectivity index (χ2v) is 8.57. The maximum atomic E-state index is 12.8. The molecule has 0 bridgehead atoms. The van der Waals surface area contributed by atoms with Crippen LogP contribution in [-0.4, -0.2) is 58.3 Å². The van der Waals surface area contributed by atoms with Gasteiger partial charge in [0.15, 0.2) is 0 Å². The van der Waals surface area contributed by atoms with Crippen molar-refractivity contribution in [1.29, 1.82) is 0 Å². The molecule has 1 atom stereocenters. The number of benzene rings is 1. The number of para-hydroxylation sites is 1. The summed E-state index contributed by atoms with van der Waals surface area (Å²) in [5, 5.41) is 6.48. The Morgan fingerprint density at radius 3 is 2.47 bits per heavy atom. The first-order chi connectivity index (χ1) is 15.4. The zero-order valence-corrected chi connectivity index (χ0v) is 18.9. The molecule has 0 aromatic heterocycles. The molecule has 5 amide bonds. The van der Waals surface area contributed by atoms with E-state index in [1.807, 2.05) is 42.2 Å². The summed E-state index contributed by atoms with van der Waals surface area (Å²) < 4.78 is 0. The number of hydrogen-bond donors (Lipinski definition) is 3. The van der Waals surface area contributed by atoms with Crippen LogP contribution in [0.1, 0.15) is 58.8 Å². The third-order valence-corrected chi connectivity index (χ3v) is 6.21. The van der Waals surface area contributed by atoms with E-state index >= 15 is 0 Å². The molecule has 1 heterocycles. The molecular formula is C23H33N5O4. The lowest BCUT2D eigenvalue weighted by atomic mass is 9.82. The fourth-order valence-electron chi connectivity index (χ4n) is 4.36. The third kappa shape index (κ3) is 5.45. The molecule has 32 heavy (non-hydrogen) atoms. The summed E-state index contributed by atoms with van der Waals surface area (Å²) >= 11 is 0. The van der Waals surface area contributed by atoms with E-state index < -0.39 is 23.5 Å². The van der Waals surface area contributed by atoms with Crippen LogP contribution in [0.15, 0.2) is 30.3 Å². The molecular weight excluding hydrogens is 410 g/mol. The number of nitrogens with zero attached hydrogens (tertiary/aromatic N) is 2. The second-order valence-electron chi connectivity index (χ2n) is 8.57. The van der Waals surface area contributed by atoms with Gasteiger partial charge in [0.1, 0.15) is 5.54 Å². The molecule has 1 aliphatic heterocycles. The van der Waals surface area contributed by atoms with Crippen LogP contribution in [0.5, 0.6) is 0 Å². The topological polar surface area (TPSA) is 111 Å². The first-order valence-corrected chi connectivity index (χ1v) is 11.4. The predicted octanol–water partition coefficient (Wildman–Crippen LogP) is 2.40. The summed E-state index contributed by atoms with van der Waals surface area (Å²) in [6.45, 7) is 4.78. The molecule has 1 saturated carbocycles. The smallest absolute Gasteiger partial charge is 0.325 e. The van der Waals surface area contributed by atoms with Crippen molar-refractivity contribution in [2.75, 3.05) is 18.4 Å². The van der Waals surface area contributed by atoms with Gasteiger partial charge in [-0.25, -0.2) is 4.79 Å². The summed E-state index contributed by atoms with van der Waals surface area (Å²) in [5.74, 6) is -0.965. The molecule has 1 aromatic rings. The van der Waals surface area contributed by atoms with Gasteiger partial charge in [0.05, 0.1) is 6.04 Å². The van der Waals surface area contributed by atoms with Crippen molar-refractivity contribution in [3.05, 3.63) is 30.3 Å². The van der Waals surface area contributed by atoms with E-state index in [1.165, 1.54) is 0 Å². The molecule has 1 saturated heterocycles. The van der Waals surface area contributed by atoms with E-state index in [1.54, 1.807) is 6.92 Å². The minimum absolute atomic E-state index is 0.0625. The largest absolute Gasteiger partial charge is 0.344 e. The lowest BCUT2D eigenvalue weighted by Crippen LogP contribution is -2.51. The van der Waals surface area contributed by atoms with Crippen LogP contribution in [0.3, 0.4) is 0 Å². The molecule has 9 nitrogen and oxygen atoms in total. The monoisotopic (exact) mass is 443 g/mol. The van der Waals surface area contributed by atoms with Gasteiger partial charge in [-0.2, -0.15) is 5.01 Å². The van der Waals surface area contributed by atoms with Crippen LogP contribution in [0.25, 0.3) is 0 Å². The first kappa shape index (κ1) is 23.7. The number of nitrogens with one attached hydrogen (secondary N) is 3. The number of carbonyl (C=O) groups is 4. The Morgan fingerprint density at radius 1 is 1.12 bits per heavy atom. The molecule has 1 aliphatic carbocycles. The highest BCUT2D eigenvalue weighted by atomic mass is 16.2. The molecule has 9 heteroatoms. The third-order valence-electron chi connectivity index (χ3n) is 6.21. The van der Waals surface area contributed by atoms with Gasteiger partial charge < -0.3 is 10.6 Å². The number of carbonyl (C=O) groups excluding carboxylic acids is 4. The van der Waals surface area contributed by atoms with E-state index in [-0.39, 0.29) is 18.2 Å². The summed E-state index contributed by atoms with van der Waals surface area (Å²) in [5.41, 5.74) is 2.30. The molecule has 0 radical (unpaired) electrons. The van der Waals surface area contributed by atoms with E-state index in [4.69, 9.17) is 0 Å². The zero-order valence-electron chi connectivity index (χ0n) is 18.9. The number of urea groups is 1. The van der Waals surface area contributed by atoms with Crippen molar-refractivity contribution < 1.29 is 19.2 Å². The average molecular weight is 444 g/mol. The highest BCUT2D eigenvalue weighted by Gasteiger charge is 2.52. The van der Waals surface area contributed by atoms with Gasteiger partial charge in [-0.05, 0) is 44.9 Å². The van der Waals surface area contributed by atoms with Gasteiger partial charge in [0.2, 0.25) is 11.8 Å². The summed E-state index contributed by atoms with van der Waals surface area (Å²) in [6, 6.07) is 8.20. The van der Waals surface area contributed by atoms with Crippen molar-refractivity contribution >= 4 is 29.4 Å². The predicted molar refractivity (Wildman–Crippen MR) is 120 cm³/mol. The Bertz CT molecular complexity index is 838. The Morgan fingerprint density at radius 2 is 1.81 bits per heavy atom. The van der Waals surface area contributed by atoms with Crippen molar-refractivity contribution in [3.63, 3.8) is 0 Å². The molecule has 2 fully saturated rings. The fraction of sp³-hybridized carbons (Fsp3) is 0.565. The number of hydrazine groups is 1. The SMILES string of the molecule is CCCN(CCC(=O)NN1C(=O)NC2(CCCCC2)C1=O)C(C)C(=O)Nc1ccccc1. The normalized spacial score (nSPS) is 18.5. The van der Waals surface area contributed by atoms with Crippen LogP contribution in [-0.2, 0) is 14.4 Å². The number of amides is 5. The molecule has 3 N–H and O–H groups in total. The van der Waals surface area contributed by atoms with Crippen molar-refractivity contribution in [2.24, 2.45) is 0 Å². The minimum atomic E-state index is -0.874. The van der Waals surface area contributed by atoms with Gasteiger partial charge >= 0.3 is 6.03 Å². The maximum absolute atomic E-state index is 12.8. The van der Waals surface area contributed by atoms with Gasteiger partial charge in [0.25, 0.3) is 5.91 Å². The van der Waals surface area contributed by atoms with E-state index in [0.717, 1.165) is 30.7 Å². The standard InChI is InChI=1S/C23H33N5O4/c1-3-15-27(17(2)20(30)24-18-10-6-4-7-11-18)16-12-19(29)26-28-21(31)23(25-22(28)32)13-8-5-9-14-23/h4,6-7,10-11,17H,3,5,8-9,12-16H2,1-2H3,(H,24,30)(H,25,32)(H,26,29). The van der Waals surface area contributed by atoms with Gasteiger partial charge in [-0.1, -0.05) is 44.4 Å². The van der Waals surface area contributed by atoms with Crippen LogP contribution in [0.2, 0.25) is 0 Å². The van der Waals surface area contributed by atoms with Gasteiger partial charge in [-0.3, -0.25) is 24.7 Å². The van der Waals surface area contributed by atoms with E-state index in [9.17, 15) is 19.2 Å². The highest BCUT2D eigenvalue weighted by molar-refractivity contribution is 6.08. The first-order valence-electron chi connectivity index (χ1n) is 11.4. The lowest BCUT2D eigenvalue weighted by molar-refractivity contribution is -0.140. The van der Waals surface area contributed by atoms with Crippen LogP contribution in [0.4, 0.5) is 10.5 Å². The van der Waals surface area contributed by atoms with E-state index in [2.05, 4.69) is 16.1 Å². The van der Waals surface area contributed by atoms with Crippen LogP contribution >= 0.6 is 0 Å². The summed E-state index contributed by atoms with van der Waals surface area (Å²) in [7, 11) is 0. The number of anilines is 1. The Kier molecular flexibility index (Phi) is 7.84. The molecule has 1 spiro atoms. The zero-order chi connectivity index (χ0) is 23.1. The molecule has 2 aliphatic rings. The molecule has 3 rings (SSSR count). The van der Waals surface area contributed by atoms with Crippen LogP contribution in [0, 0.1) is 0 Å². The maximum Gasteiger partial charge on any atom is 0.344 e. The van der Waals surface area contributed by atoms with Crippen molar-refractivity contribution in [1.82, 2.24) is 20.7 Å². The summed E-state index contributed by atoms with van der Waals surface area (Å²) in [6.07, 6.45) is 4.88. The lowest BCUT2D eigenvalue weighted by Gasteiger charge is -2.30.